The van der Waals surface area contributed by atoms with Crippen molar-refractivity contribution in [3.63, 3.8) is 0 Å². The summed E-state index contributed by atoms with van der Waals surface area (Å²) in [4.78, 5) is 16.5. The van der Waals surface area contributed by atoms with Crippen molar-refractivity contribution in [1.82, 2.24) is 10.3 Å². The zero-order chi connectivity index (χ0) is 13.9. The molecule has 2 aromatic rings. The zero-order valence-corrected chi connectivity index (χ0v) is 11.2. The Hall–Kier alpha value is -1.94. The summed E-state index contributed by atoms with van der Waals surface area (Å²) in [5.41, 5.74) is 1.28. The van der Waals surface area contributed by atoms with Gasteiger partial charge in [-0.3, -0.25) is 4.79 Å². The van der Waals surface area contributed by atoms with Gasteiger partial charge in [0.25, 0.3) is 5.91 Å². The quantitative estimate of drug-likeness (QED) is 0.898. The average molecular weight is 270 g/mol. The van der Waals surface area contributed by atoms with Crippen LogP contribution in [0.4, 0.5) is 0 Å². The molecule has 1 aromatic heterocycles. The van der Waals surface area contributed by atoms with Gasteiger partial charge in [0.15, 0.2) is 0 Å². The summed E-state index contributed by atoms with van der Waals surface area (Å²) >= 11 is 0. The number of hydrogen-bond acceptors (Lipinski definition) is 3. The first-order chi connectivity index (χ1) is 9.72. The van der Waals surface area contributed by atoms with Crippen molar-refractivity contribution in [3.8, 4) is 0 Å². The fourth-order valence-corrected chi connectivity index (χ4v) is 2.75. The van der Waals surface area contributed by atoms with E-state index in [0.29, 0.717) is 18.2 Å². The lowest BCUT2D eigenvalue weighted by Gasteiger charge is -2.10. The van der Waals surface area contributed by atoms with Crippen LogP contribution in [-0.4, -0.2) is 28.6 Å². The molecule has 1 aliphatic carbocycles. The summed E-state index contributed by atoms with van der Waals surface area (Å²) in [6.07, 6.45) is 2.41. The van der Waals surface area contributed by atoms with Gasteiger partial charge in [-0.1, -0.05) is 24.3 Å². The number of fused-ring (bicyclic) bond motifs is 1. The number of aromatic nitrogens is 1. The predicted molar refractivity (Wildman–Crippen MR) is 77.4 cm³/mol. The molecule has 0 radical (unpaired) electrons. The summed E-state index contributed by atoms with van der Waals surface area (Å²) in [7, 11) is 0. The lowest BCUT2D eigenvalue weighted by Crippen LogP contribution is -2.29. The SMILES string of the molecule is O=C(NCC1CCC(O)C1)c1ccc2ccccc2n1. The number of nitrogens with zero attached hydrogens (tertiary/aromatic N) is 1. The van der Waals surface area contributed by atoms with Gasteiger partial charge < -0.3 is 10.4 Å². The second kappa shape index (κ2) is 5.59. The molecule has 1 heterocycles. The number of benzene rings is 1. The molecule has 0 saturated heterocycles. The molecule has 2 unspecified atom stereocenters. The molecule has 1 saturated carbocycles. The monoisotopic (exact) mass is 270 g/mol. The van der Waals surface area contributed by atoms with Crippen molar-refractivity contribution in [2.45, 2.75) is 25.4 Å². The molecule has 1 amide bonds. The number of nitrogens with one attached hydrogen (secondary N) is 1. The fourth-order valence-electron chi connectivity index (χ4n) is 2.75. The van der Waals surface area contributed by atoms with Gasteiger partial charge in [0.2, 0.25) is 0 Å². The Morgan fingerprint density at radius 1 is 1.25 bits per heavy atom. The molecule has 1 aromatic carbocycles. The van der Waals surface area contributed by atoms with Gasteiger partial charge in [0.1, 0.15) is 5.69 Å². The molecule has 4 heteroatoms. The van der Waals surface area contributed by atoms with E-state index >= 15 is 0 Å². The van der Waals surface area contributed by atoms with Crippen LogP contribution in [0.5, 0.6) is 0 Å². The molecule has 2 atom stereocenters. The van der Waals surface area contributed by atoms with Gasteiger partial charge in [-0.25, -0.2) is 4.98 Å². The first-order valence-corrected chi connectivity index (χ1v) is 7.04. The summed E-state index contributed by atoms with van der Waals surface area (Å²) < 4.78 is 0. The summed E-state index contributed by atoms with van der Waals surface area (Å²) in [6.45, 7) is 0.615. The van der Waals surface area contributed by atoms with Gasteiger partial charge in [0, 0.05) is 11.9 Å². The largest absolute Gasteiger partial charge is 0.393 e. The summed E-state index contributed by atoms with van der Waals surface area (Å²) in [6, 6.07) is 11.4. The maximum Gasteiger partial charge on any atom is 0.269 e. The molecule has 4 nitrogen and oxygen atoms in total. The standard InChI is InChI=1S/C16H18N2O2/c19-13-7-5-11(9-13)10-17-16(20)15-8-6-12-3-1-2-4-14(12)18-15/h1-4,6,8,11,13,19H,5,7,9-10H2,(H,17,20). The van der Waals surface area contributed by atoms with Crippen LogP contribution in [0, 0.1) is 5.92 Å². The topological polar surface area (TPSA) is 62.2 Å². The summed E-state index contributed by atoms with van der Waals surface area (Å²) in [5.74, 6) is 0.242. The molecule has 0 bridgehead atoms. The number of amides is 1. The molecule has 3 rings (SSSR count). The Labute approximate surface area is 117 Å². The number of carbonyl (C=O) groups is 1. The minimum absolute atomic E-state index is 0.142. The van der Waals surface area contributed by atoms with E-state index in [-0.39, 0.29) is 12.0 Å². The molecule has 0 spiro atoms. The van der Waals surface area contributed by atoms with E-state index < -0.39 is 0 Å². The molecule has 1 fully saturated rings. The molecule has 2 N–H and O–H groups in total. The van der Waals surface area contributed by atoms with Crippen molar-refractivity contribution in [2.75, 3.05) is 6.54 Å². The van der Waals surface area contributed by atoms with Gasteiger partial charge >= 0.3 is 0 Å². The Balaban J connectivity index is 1.66. The third-order valence-electron chi connectivity index (χ3n) is 3.90. The van der Waals surface area contributed by atoms with E-state index in [1.165, 1.54) is 0 Å². The van der Waals surface area contributed by atoms with Crippen molar-refractivity contribution in [1.29, 1.82) is 0 Å². The number of para-hydroxylation sites is 1. The molecule has 1 aliphatic rings. The smallest absolute Gasteiger partial charge is 0.269 e. The molecule has 104 valence electrons. The molecular weight excluding hydrogens is 252 g/mol. The normalized spacial score (nSPS) is 22.1. The number of aliphatic hydroxyl groups excluding tert-OH is 1. The zero-order valence-electron chi connectivity index (χ0n) is 11.2. The number of aliphatic hydroxyl groups is 1. The highest BCUT2D eigenvalue weighted by molar-refractivity contribution is 5.94. The van der Waals surface area contributed by atoms with E-state index in [9.17, 15) is 9.90 Å². The van der Waals surface area contributed by atoms with Crippen LogP contribution in [0.2, 0.25) is 0 Å². The van der Waals surface area contributed by atoms with E-state index in [0.717, 1.165) is 30.2 Å². The molecule has 20 heavy (non-hydrogen) atoms. The predicted octanol–water partition coefficient (Wildman–Crippen LogP) is 2.13. The maximum absolute atomic E-state index is 12.1. The first kappa shape index (κ1) is 13.1. The van der Waals surface area contributed by atoms with Crippen LogP contribution < -0.4 is 5.32 Å². The van der Waals surface area contributed by atoms with Crippen molar-refractivity contribution in [3.05, 3.63) is 42.1 Å². The minimum atomic E-state index is -0.198. The highest BCUT2D eigenvalue weighted by Gasteiger charge is 2.23. The van der Waals surface area contributed by atoms with Crippen LogP contribution in [-0.2, 0) is 0 Å². The Morgan fingerprint density at radius 2 is 2.10 bits per heavy atom. The number of hydrogen-bond donors (Lipinski definition) is 2. The second-order valence-corrected chi connectivity index (χ2v) is 5.43. The van der Waals surface area contributed by atoms with E-state index in [1.54, 1.807) is 6.07 Å². The van der Waals surface area contributed by atoms with Crippen LogP contribution in [0.15, 0.2) is 36.4 Å². The van der Waals surface area contributed by atoms with Crippen molar-refractivity contribution in [2.24, 2.45) is 5.92 Å². The van der Waals surface area contributed by atoms with E-state index in [2.05, 4.69) is 10.3 Å². The van der Waals surface area contributed by atoms with E-state index in [1.807, 2.05) is 30.3 Å². The Morgan fingerprint density at radius 3 is 2.90 bits per heavy atom. The van der Waals surface area contributed by atoms with Crippen molar-refractivity contribution >= 4 is 16.8 Å². The average Bonchev–Trinajstić information content (AvgIpc) is 2.90. The van der Waals surface area contributed by atoms with Crippen LogP contribution in [0.25, 0.3) is 10.9 Å². The third kappa shape index (κ3) is 2.80. The van der Waals surface area contributed by atoms with Gasteiger partial charge in [0.05, 0.1) is 11.6 Å². The van der Waals surface area contributed by atoms with Crippen LogP contribution >= 0.6 is 0 Å². The van der Waals surface area contributed by atoms with E-state index in [4.69, 9.17) is 0 Å². The lowest BCUT2D eigenvalue weighted by atomic mass is 10.1. The number of carbonyl (C=O) groups excluding carboxylic acids is 1. The first-order valence-electron chi connectivity index (χ1n) is 7.04. The maximum atomic E-state index is 12.1. The van der Waals surface area contributed by atoms with Crippen LogP contribution in [0.3, 0.4) is 0 Å². The second-order valence-electron chi connectivity index (χ2n) is 5.43. The Bertz CT molecular complexity index is 627. The lowest BCUT2D eigenvalue weighted by molar-refractivity contribution is 0.0940. The highest BCUT2D eigenvalue weighted by atomic mass is 16.3. The number of pyridine rings is 1. The summed E-state index contributed by atoms with van der Waals surface area (Å²) in [5, 5.41) is 13.4. The minimum Gasteiger partial charge on any atom is -0.393 e. The molecule has 0 aliphatic heterocycles. The third-order valence-corrected chi connectivity index (χ3v) is 3.90. The highest BCUT2D eigenvalue weighted by Crippen LogP contribution is 2.24. The molecular formula is C16H18N2O2. The van der Waals surface area contributed by atoms with Gasteiger partial charge in [-0.15, -0.1) is 0 Å². The van der Waals surface area contributed by atoms with Crippen molar-refractivity contribution < 1.29 is 9.90 Å². The van der Waals surface area contributed by atoms with Crippen LogP contribution in [0.1, 0.15) is 29.8 Å². The number of rotatable bonds is 3. The Kier molecular flexibility index (Phi) is 3.65. The van der Waals surface area contributed by atoms with Gasteiger partial charge in [-0.05, 0) is 37.3 Å². The van der Waals surface area contributed by atoms with Gasteiger partial charge in [-0.2, -0.15) is 0 Å². The fraction of sp³-hybridized carbons (Fsp3) is 0.375.